The minimum Gasteiger partial charge on any atom is -0.316 e. The molecule has 1 atom stereocenters. The molecule has 148 valence electrons. The van der Waals surface area contributed by atoms with Crippen molar-refractivity contribution in [2.45, 2.75) is 26.3 Å². The summed E-state index contributed by atoms with van der Waals surface area (Å²) in [7, 11) is -0.362. The van der Waals surface area contributed by atoms with Gasteiger partial charge in [-0.2, -0.15) is 10.2 Å². The van der Waals surface area contributed by atoms with E-state index in [0.29, 0.717) is 17.8 Å². The maximum atomic E-state index is 13.5. The van der Waals surface area contributed by atoms with Gasteiger partial charge in [0, 0.05) is 29.6 Å². The van der Waals surface area contributed by atoms with Crippen molar-refractivity contribution in [1.29, 1.82) is 0 Å². The first-order valence-corrected chi connectivity index (χ1v) is 10.4. The van der Waals surface area contributed by atoms with E-state index in [0.717, 1.165) is 17.1 Å². The van der Waals surface area contributed by atoms with E-state index in [2.05, 4.69) is 21.1 Å². The average molecular weight is 427 g/mol. The van der Waals surface area contributed by atoms with Gasteiger partial charge in [0.1, 0.15) is 11.5 Å². The van der Waals surface area contributed by atoms with Crippen LogP contribution in [-0.2, 0) is 6.54 Å². The molecule has 1 aromatic carbocycles. The largest absolute Gasteiger partial charge is 0.316 e. The monoisotopic (exact) mass is 426 g/mol. The van der Waals surface area contributed by atoms with Gasteiger partial charge in [0.2, 0.25) is 0 Å². The predicted octanol–water partition coefficient (Wildman–Crippen LogP) is 5.33. The number of hydrogen-bond donors (Lipinski definition) is 0. The second-order valence-corrected chi connectivity index (χ2v) is 8.39. The Morgan fingerprint density at radius 2 is 2.04 bits per heavy atom. The van der Waals surface area contributed by atoms with Gasteiger partial charge in [0.15, 0.2) is 0 Å². The molecule has 3 rings (SSSR count). The summed E-state index contributed by atoms with van der Waals surface area (Å²) in [5, 5.41) is 7.39. The fourth-order valence-corrected chi connectivity index (χ4v) is 3.82. The Labute approximate surface area is 168 Å². The van der Waals surface area contributed by atoms with Gasteiger partial charge in [0.25, 0.3) is 6.43 Å². The molecule has 9 heteroatoms. The maximum absolute atomic E-state index is 13.5. The van der Waals surface area contributed by atoms with Crippen LogP contribution in [0.15, 0.2) is 46.7 Å². The molecule has 2 heterocycles. The molecule has 0 bridgehead atoms. The summed E-state index contributed by atoms with van der Waals surface area (Å²) in [4.78, 5) is 4.42. The van der Waals surface area contributed by atoms with Gasteiger partial charge in [-0.15, -0.1) is 10.7 Å². The van der Waals surface area contributed by atoms with Crippen LogP contribution in [0.2, 0.25) is 5.02 Å². The molecule has 0 amide bonds. The van der Waals surface area contributed by atoms with Crippen molar-refractivity contribution < 1.29 is 13.2 Å². The molecule has 1 unspecified atom stereocenters. The Morgan fingerprint density at radius 3 is 2.61 bits per heavy atom. The fraction of sp³-hybridized carbons (Fsp3) is 0.263. The van der Waals surface area contributed by atoms with Gasteiger partial charge in [-0.3, -0.25) is 4.98 Å². The molecule has 4 nitrogen and oxygen atoms in total. The minimum absolute atomic E-state index is 0.0249. The van der Waals surface area contributed by atoms with E-state index in [9.17, 15) is 13.2 Å². The van der Waals surface area contributed by atoms with Crippen molar-refractivity contribution in [3.05, 3.63) is 58.6 Å². The molecule has 28 heavy (non-hydrogen) atoms. The number of benzene rings is 1. The van der Waals surface area contributed by atoms with Gasteiger partial charge < -0.3 is 4.31 Å². The van der Waals surface area contributed by atoms with Crippen LogP contribution in [0.5, 0.6) is 0 Å². The van der Waals surface area contributed by atoms with Crippen LogP contribution < -0.4 is 4.31 Å². The lowest BCUT2D eigenvalue weighted by molar-refractivity contribution is 0.224. The first kappa shape index (κ1) is 20.5. The molecular formula is C19H18ClF3N4S. The zero-order valence-electron chi connectivity index (χ0n) is 15.1. The van der Waals surface area contributed by atoms with E-state index in [4.69, 9.17) is 11.6 Å². The molecule has 0 spiro atoms. The molecule has 0 N–H and O–H groups in total. The van der Waals surface area contributed by atoms with Gasteiger partial charge in [-0.05, 0) is 30.3 Å². The van der Waals surface area contributed by atoms with Crippen LogP contribution >= 0.6 is 22.3 Å². The SMILES string of the molecule is C=S(CC)N(Cc1ccc(C2=NN=C(C(F)F)C2)cn1)c1ccc(F)c(Cl)c1. The number of pyridine rings is 1. The number of hydrogen-bond acceptors (Lipinski definition) is 4. The van der Waals surface area contributed by atoms with Crippen LogP contribution in [-0.4, -0.2) is 34.5 Å². The number of anilines is 1. The maximum Gasteiger partial charge on any atom is 0.278 e. The highest BCUT2D eigenvalue weighted by Crippen LogP contribution is 2.31. The van der Waals surface area contributed by atoms with Gasteiger partial charge in [-0.1, -0.05) is 24.4 Å². The topological polar surface area (TPSA) is 40.9 Å². The Hall–Kier alpha value is -2.19. The zero-order chi connectivity index (χ0) is 20.3. The van der Waals surface area contributed by atoms with E-state index >= 15 is 0 Å². The Bertz CT molecular complexity index is 945. The average Bonchev–Trinajstić information content (AvgIpc) is 3.19. The lowest BCUT2D eigenvalue weighted by Crippen LogP contribution is -2.18. The highest BCUT2D eigenvalue weighted by atomic mass is 35.5. The summed E-state index contributed by atoms with van der Waals surface area (Å²) in [6.07, 6.45) is -0.980. The number of halogens is 4. The second-order valence-electron chi connectivity index (χ2n) is 6.04. The molecule has 1 aromatic heterocycles. The van der Waals surface area contributed by atoms with Crippen molar-refractivity contribution in [1.82, 2.24) is 4.98 Å². The molecule has 1 aliphatic rings. The van der Waals surface area contributed by atoms with Gasteiger partial charge in [-0.25, -0.2) is 13.2 Å². The smallest absolute Gasteiger partial charge is 0.278 e. The van der Waals surface area contributed by atoms with Crippen molar-refractivity contribution in [3.63, 3.8) is 0 Å². The molecule has 0 aliphatic carbocycles. The summed E-state index contributed by atoms with van der Waals surface area (Å²) >= 11 is 5.92. The van der Waals surface area contributed by atoms with Crippen LogP contribution in [0.3, 0.4) is 0 Å². The summed E-state index contributed by atoms with van der Waals surface area (Å²) in [6, 6.07) is 8.15. The van der Waals surface area contributed by atoms with E-state index < -0.39 is 12.2 Å². The minimum atomic E-state index is -2.60. The number of aromatic nitrogens is 1. The van der Waals surface area contributed by atoms with Crippen molar-refractivity contribution in [3.8, 4) is 0 Å². The third-order valence-corrected chi connectivity index (χ3v) is 6.12. The highest BCUT2D eigenvalue weighted by molar-refractivity contribution is 8.15. The molecule has 2 aromatic rings. The van der Waals surface area contributed by atoms with E-state index in [1.807, 2.05) is 17.3 Å². The standard InChI is InChI=1S/C19H18ClF3N4S/c1-3-28(2)27(14-6-7-16(21)15(20)8-14)11-13-5-4-12(10-24-13)17-9-18(19(22)23)26-25-17/h4-8,10,19H,2-3,9,11H2,1H3. The lowest BCUT2D eigenvalue weighted by atomic mass is 10.1. The Kier molecular flexibility index (Phi) is 6.51. The quantitative estimate of drug-likeness (QED) is 0.561. The number of nitrogens with zero attached hydrogens (tertiary/aromatic N) is 4. The number of alkyl halides is 2. The van der Waals surface area contributed by atoms with Crippen molar-refractivity contribution in [2.75, 3.05) is 10.1 Å². The molecule has 0 radical (unpaired) electrons. The van der Waals surface area contributed by atoms with Crippen LogP contribution in [0.1, 0.15) is 24.6 Å². The van der Waals surface area contributed by atoms with E-state index in [-0.39, 0.29) is 27.8 Å². The third-order valence-electron chi connectivity index (χ3n) is 4.20. The van der Waals surface area contributed by atoms with Crippen LogP contribution in [0.4, 0.5) is 18.9 Å². The lowest BCUT2D eigenvalue weighted by Gasteiger charge is -2.27. The van der Waals surface area contributed by atoms with Gasteiger partial charge in [0.05, 0.1) is 23.0 Å². The van der Waals surface area contributed by atoms with Crippen molar-refractivity contribution >= 4 is 45.3 Å². The first-order chi connectivity index (χ1) is 13.4. The first-order valence-electron chi connectivity index (χ1n) is 8.49. The second kappa shape index (κ2) is 8.87. The Morgan fingerprint density at radius 1 is 1.25 bits per heavy atom. The molecular weight excluding hydrogens is 409 g/mol. The highest BCUT2D eigenvalue weighted by Gasteiger charge is 2.22. The third kappa shape index (κ3) is 4.62. The van der Waals surface area contributed by atoms with Gasteiger partial charge >= 0.3 is 0 Å². The molecule has 0 saturated heterocycles. The van der Waals surface area contributed by atoms with E-state index in [1.165, 1.54) is 6.07 Å². The zero-order valence-corrected chi connectivity index (χ0v) is 16.7. The summed E-state index contributed by atoms with van der Waals surface area (Å²) in [5.41, 5.74) is 2.41. The van der Waals surface area contributed by atoms with Crippen LogP contribution in [0.25, 0.3) is 0 Å². The van der Waals surface area contributed by atoms with Crippen LogP contribution in [0, 0.1) is 5.82 Å². The Balaban J connectivity index is 1.77. The predicted molar refractivity (Wildman–Crippen MR) is 112 cm³/mol. The summed E-state index contributed by atoms with van der Waals surface area (Å²) < 4.78 is 40.9. The summed E-state index contributed by atoms with van der Waals surface area (Å²) in [6.45, 7) is 2.47. The molecule has 0 fully saturated rings. The number of rotatable bonds is 7. The van der Waals surface area contributed by atoms with E-state index in [1.54, 1.807) is 24.4 Å². The fourth-order valence-electron chi connectivity index (χ4n) is 2.61. The normalized spacial score (nSPS) is 14.8. The van der Waals surface area contributed by atoms with Crippen molar-refractivity contribution in [2.24, 2.45) is 10.2 Å². The summed E-state index contributed by atoms with van der Waals surface area (Å²) in [5.74, 6) is 4.50. The molecule has 1 aliphatic heterocycles. The molecule has 0 saturated carbocycles.